The largest absolute Gasteiger partial charge is 0.785 e. The normalized spacial score (nSPS) is 23.2. The fourth-order valence-electron chi connectivity index (χ4n) is 4.97. The van der Waals surface area contributed by atoms with E-state index in [1.54, 1.807) is 0 Å². The predicted molar refractivity (Wildman–Crippen MR) is 155 cm³/mol. The molecule has 0 aromatic heterocycles. The Morgan fingerprint density at radius 2 is 0.865 bits per heavy atom. The van der Waals surface area contributed by atoms with Crippen molar-refractivity contribution in [2.75, 3.05) is 105 Å². The van der Waals surface area contributed by atoms with Gasteiger partial charge in [-0.25, -0.2) is 0 Å². The monoisotopic (exact) mass is 517 g/mol. The van der Waals surface area contributed by atoms with E-state index in [-0.39, 0.29) is 0 Å². The number of hydrogen-bond acceptors (Lipinski definition) is 9. The molecule has 0 radical (unpaired) electrons. The Bertz CT molecular complexity index is 647. The van der Waals surface area contributed by atoms with Crippen LogP contribution in [0.5, 0.6) is 0 Å². The van der Waals surface area contributed by atoms with Gasteiger partial charge < -0.3 is 36.9 Å². The fourth-order valence-corrected chi connectivity index (χ4v) is 4.97. The first-order chi connectivity index (χ1) is 18.3. The molecule has 0 spiro atoms. The minimum atomic E-state index is 0.582. The van der Waals surface area contributed by atoms with Crippen molar-refractivity contribution in [1.29, 1.82) is 0 Å². The van der Waals surface area contributed by atoms with Crippen LogP contribution in [-0.4, -0.2) is 120 Å². The van der Waals surface area contributed by atoms with Crippen molar-refractivity contribution >= 4 is 0 Å². The molecule has 0 bridgehead atoms. The van der Waals surface area contributed by atoms with Gasteiger partial charge in [-0.05, 0) is 95.7 Å². The van der Waals surface area contributed by atoms with Gasteiger partial charge in [0.2, 0.25) is 0 Å². The van der Waals surface area contributed by atoms with Crippen LogP contribution in [0.3, 0.4) is 0 Å². The Hall–Kier alpha value is -1.14. The molecule has 2 aliphatic rings. The molecule has 3 rings (SSSR count). The molecule has 37 heavy (non-hydrogen) atoms. The van der Waals surface area contributed by atoms with E-state index in [4.69, 9.17) is 0 Å². The number of rotatable bonds is 4. The Labute approximate surface area is 225 Å². The van der Waals surface area contributed by atoms with Crippen LogP contribution in [-0.2, 0) is 13.1 Å². The molecule has 2 aliphatic heterocycles. The van der Waals surface area contributed by atoms with Gasteiger partial charge in [-0.2, -0.15) is 0 Å². The van der Waals surface area contributed by atoms with Crippen molar-refractivity contribution < 1.29 is 0 Å². The predicted octanol–water partition coefficient (Wildman–Crippen LogP) is 0.626. The summed E-state index contributed by atoms with van der Waals surface area (Å²) in [6.45, 7) is 17.6. The zero-order valence-corrected chi connectivity index (χ0v) is 23.1. The molecule has 2 fully saturated rings. The first-order valence-electron chi connectivity index (χ1n) is 14.8. The second kappa shape index (κ2) is 19.9. The molecule has 1 aromatic carbocycles. The van der Waals surface area contributed by atoms with E-state index >= 15 is 0 Å². The maximum absolute atomic E-state index is 11.8. The van der Waals surface area contributed by atoms with Crippen LogP contribution in [0.1, 0.15) is 36.8 Å². The van der Waals surface area contributed by atoms with Crippen molar-refractivity contribution in [2.45, 2.75) is 38.8 Å². The molecule has 0 unspecified atom stereocenters. The molecule has 2 saturated heterocycles. The van der Waals surface area contributed by atoms with Crippen molar-refractivity contribution in [1.82, 2.24) is 41.4 Å². The summed E-state index contributed by atoms with van der Waals surface area (Å²) in [5.41, 5.74) is 2.79. The topological polar surface area (TPSA) is 92.9 Å². The molecular formula is C28H53N8O-. The molecule has 0 atom stereocenters. The van der Waals surface area contributed by atoms with Crippen LogP contribution in [0.25, 0.3) is 0 Å². The zero-order valence-electron chi connectivity index (χ0n) is 23.1. The quantitative estimate of drug-likeness (QED) is 0.394. The number of hydrogen-bond donors (Lipinski definition) is 5. The lowest BCUT2D eigenvalue weighted by Crippen LogP contribution is -2.37. The van der Waals surface area contributed by atoms with Gasteiger partial charge in [-0.1, -0.05) is 24.3 Å². The van der Waals surface area contributed by atoms with E-state index in [9.17, 15) is 5.21 Å². The van der Waals surface area contributed by atoms with Crippen LogP contribution in [0, 0.1) is 5.21 Å². The summed E-state index contributed by atoms with van der Waals surface area (Å²) in [5.74, 6) is 0. The van der Waals surface area contributed by atoms with Crippen molar-refractivity contribution in [2.24, 2.45) is 0 Å². The lowest BCUT2D eigenvalue weighted by Gasteiger charge is -2.29. The number of hydroxylamine groups is 2. The Balaban J connectivity index is 1.45. The zero-order chi connectivity index (χ0) is 25.8. The van der Waals surface area contributed by atoms with Gasteiger partial charge in [0.05, 0.1) is 0 Å². The first-order valence-corrected chi connectivity index (χ1v) is 14.8. The summed E-state index contributed by atoms with van der Waals surface area (Å²) in [5, 5.41) is 30.6. The van der Waals surface area contributed by atoms with Crippen molar-refractivity contribution in [3.8, 4) is 0 Å². The van der Waals surface area contributed by atoms with Gasteiger partial charge in [0.25, 0.3) is 0 Å². The number of benzene rings is 1. The molecule has 2 heterocycles. The average molecular weight is 518 g/mol. The SMILES string of the molecule is [O-]N1CCCNCCN(Cc2ccc(CN3CCCNCCNCCCNCC3)cc2)CCCNCC1. The maximum Gasteiger partial charge on any atom is 0.0234 e. The second-order valence-electron chi connectivity index (χ2n) is 10.5. The van der Waals surface area contributed by atoms with Gasteiger partial charge in [0.15, 0.2) is 0 Å². The van der Waals surface area contributed by atoms with Crippen molar-refractivity contribution in [3.05, 3.63) is 40.6 Å². The Kier molecular flexibility index (Phi) is 16.3. The van der Waals surface area contributed by atoms with Gasteiger partial charge in [0.1, 0.15) is 0 Å². The van der Waals surface area contributed by atoms with Gasteiger partial charge >= 0.3 is 0 Å². The standard InChI is InChI=1S/C28H53N8O/c37-36-21-4-13-32-17-23-35(20-3-12-33-18-24-36)26-28-7-5-27(6-8-28)25-34-19-2-11-30-15-14-29-9-1-10-31-16-22-34/h5-8,29-33H,1-4,9-26H2/q-1. The summed E-state index contributed by atoms with van der Waals surface area (Å²) >= 11 is 0. The molecule has 212 valence electrons. The summed E-state index contributed by atoms with van der Waals surface area (Å²) in [4.78, 5) is 5.16. The molecular weight excluding hydrogens is 464 g/mol. The van der Waals surface area contributed by atoms with Crippen LogP contribution in [0.4, 0.5) is 0 Å². The highest BCUT2D eigenvalue weighted by Gasteiger charge is 2.09. The average Bonchev–Trinajstić information content (AvgIpc) is 2.90. The van der Waals surface area contributed by atoms with E-state index < -0.39 is 0 Å². The molecule has 9 nitrogen and oxygen atoms in total. The third-order valence-electron chi connectivity index (χ3n) is 7.19. The Morgan fingerprint density at radius 3 is 1.38 bits per heavy atom. The van der Waals surface area contributed by atoms with E-state index in [1.165, 1.54) is 29.0 Å². The van der Waals surface area contributed by atoms with Crippen LogP contribution in [0.15, 0.2) is 24.3 Å². The van der Waals surface area contributed by atoms with E-state index in [0.717, 1.165) is 118 Å². The number of nitrogens with one attached hydrogen (secondary N) is 5. The third kappa shape index (κ3) is 14.6. The second-order valence-corrected chi connectivity index (χ2v) is 10.5. The van der Waals surface area contributed by atoms with Crippen LogP contribution in [0.2, 0.25) is 0 Å². The highest BCUT2D eigenvalue weighted by atomic mass is 16.5. The van der Waals surface area contributed by atoms with Crippen LogP contribution >= 0.6 is 0 Å². The van der Waals surface area contributed by atoms with Gasteiger partial charge in [-0.3, -0.25) is 9.80 Å². The molecule has 1 aromatic rings. The highest BCUT2D eigenvalue weighted by Crippen LogP contribution is 2.11. The minimum absolute atomic E-state index is 0.582. The van der Waals surface area contributed by atoms with E-state index in [1.807, 2.05) is 0 Å². The lowest BCUT2D eigenvalue weighted by molar-refractivity contribution is 0.256. The smallest absolute Gasteiger partial charge is 0.0234 e. The fraction of sp³-hybridized carbons (Fsp3) is 0.786. The molecule has 5 N–H and O–H groups in total. The highest BCUT2D eigenvalue weighted by molar-refractivity contribution is 5.22. The third-order valence-corrected chi connectivity index (χ3v) is 7.19. The molecule has 0 amide bonds. The molecule has 0 aliphatic carbocycles. The summed E-state index contributed by atoms with van der Waals surface area (Å²) in [6.07, 6.45) is 4.38. The van der Waals surface area contributed by atoms with Crippen molar-refractivity contribution in [3.63, 3.8) is 0 Å². The van der Waals surface area contributed by atoms with E-state index in [0.29, 0.717) is 13.1 Å². The van der Waals surface area contributed by atoms with Crippen LogP contribution < -0.4 is 26.6 Å². The first kappa shape index (κ1) is 30.4. The molecule has 9 heteroatoms. The maximum atomic E-state index is 11.8. The van der Waals surface area contributed by atoms with Gasteiger partial charge in [-0.15, -0.1) is 0 Å². The number of nitrogens with zero attached hydrogens (tertiary/aromatic N) is 3. The van der Waals surface area contributed by atoms with Gasteiger partial charge in [0, 0.05) is 58.9 Å². The summed E-state index contributed by atoms with van der Waals surface area (Å²) in [7, 11) is 0. The summed E-state index contributed by atoms with van der Waals surface area (Å²) in [6, 6.07) is 9.31. The lowest BCUT2D eigenvalue weighted by atomic mass is 10.1. The molecule has 0 saturated carbocycles. The van der Waals surface area contributed by atoms with E-state index in [2.05, 4.69) is 60.6 Å². The minimum Gasteiger partial charge on any atom is -0.785 e. The summed E-state index contributed by atoms with van der Waals surface area (Å²) < 4.78 is 0. The Morgan fingerprint density at radius 1 is 0.459 bits per heavy atom.